The van der Waals surface area contributed by atoms with Crippen molar-refractivity contribution in [3.63, 3.8) is 0 Å². The first-order chi connectivity index (χ1) is 16.3. The summed E-state index contributed by atoms with van der Waals surface area (Å²) >= 11 is 0. The van der Waals surface area contributed by atoms with E-state index in [4.69, 9.17) is 29.2 Å². The van der Waals surface area contributed by atoms with Crippen molar-refractivity contribution in [1.29, 1.82) is 0 Å². The van der Waals surface area contributed by atoms with Gasteiger partial charge >= 0.3 is 0 Å². The molecule has 0 saturated heterocycles. The molecule has 2 amide bonds. The molecule has 0 saturated carbocycles. The molecule has 11 nitrogen and oxygen atoms in total. The molecule has 1 atom stereocenters. The van der Waals surface area contributed by atoms with Crippen LogP contribution in [-0.4, -0.2) is 51.5 Å². The minimum atomic E-state index is -0.851. The van der Waals surface area contributed by atoms with Gasteiger partial charge in [0.15, 0.2) is 23.3 Å². The van der Waals surface area contributed by atoms with Crippen LogP contribution in [0.1, 0.15) is 6.42 Å². The quantitative estimate of drug-likeness (QED) is 0.400. The van der Waals surface area contributed by atoms with Crippen LogP contribution in [0.5, 0.6) is 23.0 Å². The number of primary amides is 1. The van der Waals surface area contributed by atoms with Crippen LogP contribution in [0.3, 0.4) is 0 Å². The molecule has 0 aliphatic carbocycles. The normalized spacial score (nSPS) is 11.4. The van der Waals surface area contributed by atoms with Crippen LogP contribution < -0.4 is 35.7 Å². The fourth-order valence-corrected chi connectivity index (χ4v) is 3.41. The van der Waals surface area contributed by atoms with E-state index in [1.54, 1.807) is 36.5 Å². The Morgan fingerprint density at radius 1 is 1.00 bits per heavy atom. The van der Waals surface area contributed by atoms with E-state index in [2.05, 4.69) is 16.2 Å². The van der Waals surface area contributed by atoms with Crippen LogP contribution >= 0.6 is 0 Å². The summed E-state index contributed by atoms with van der Waals surface area (Å²) in [6.45, 7) is 0. The van der Waals surface area contributed by atoms with E-state index < -0.39 is 17.9 Å². The zero-order valence-electron chi connectivity index (χ0n) is 19.3. The van der Waals surface area contributed by atoms with Crippen LogP contribution in [0, 0.1) is 0 Å². The summed E-state index contributed by atoms with van der Waals surface area (Å²) in [6.07, 6.45) is 1.38. The van der Waals surface area contributed by atoms with E-state index in [1.165, 1.54) is 28.4 Å². The number of amides is 2. The summed E-state index contributed by atoms with van der Waals surface area (Å²) in [5, 5.41) is 6.69. The van der Waals surface area contributed by atoms with Gasteiger partial charge in [-0.25, -0.2) is 0 Å². The molecular weight excluding hydrogens is 444 g/mol. The van der Waals surface area contributed by atoms with Gasteiger partial charge < -0.3 is 40.3 Å². The van der Waals surface area contributed by atoms with Crippen molar-refractivity contribution in [3.05, 3.63) is 36.5 Å². The average molecular weight is 471 g/mol. The maximum absolute atomic E-state index is 12.5. The van der Waals surface area contributed by atoms with Gasteiger partial charge in [0.1, 0.15) is 5.75 Å². The molecule has 3 aromatic rings. The number of hydrogen-bond acceptors (Lipinski definition) is 8. The van der Waals surface area contributed by atoms with Gasteiger partial charge in [0.05, 0.1) is 46.7 Å². The first kappa shape index (κ1) is 24.4. The molecule has 2 aromatic carbocycles. The second-order valence-electron chi connectivity index (χ2n) is 7.25. The Hall–Kier alpha value is -4.25. The predicted molar refractivity (Wildman–Crippen MR) is 123 cm³/mol. The Bertz CT molecular complexity index is 1170. The van der Waals surface area contributed by atoms with Gasteiger partial charge in [-0.2, -0.15) is 0 Å². The van der Waals surface area contributed by atoms with Crippen LogP contribution in [0.2, 0.25) is 0 Å². The third-order valence-corrected chi connectivity index (χ3v) is 5.08. The summed E-state index contributed by atoms with van der Waals surface area (Å²) in [5.74, 6) is 1.15. The molecule has 3 rings (SSSR count). The van der Waals surface area contributed by atoms with Gasteiger partial charge in [-0.05, 0) is 29.8 Å². The highest BCUT2D eigenvalue weighted by Crippen LogP contribution is 2.44. The van der Waals surface area contributed by atoms with E-state index >= 15 is 0 Å². The van der Waals surface area contributed by atoms with Crippen molar-refractivity contribution in [1.82, 2.24) is 5.16 Å². The van der Waals surface area contributed by atoms with Crippen LogP contribution in [0.15, 0.2) is 41.1 Å². The number of carbonyl (C=O) groups excluding carboxylic acids is 2. The van der Waals surface area contributed by atoms with Crippen LogP contribution in [0.25, 0.3) is 22.5 Å². The van der Waals surface area contributed by atoms with Crippen molar-refractivity contribution >= 4 is 17.5 Å². The summed E-state index contributed by atoms with van der Waals surface area (Å²) in [7, 11) is 6.05. The number of nitrogens with one attached hydrogen (secondary N) is 1. The van der Waals surface area contributed by atoms with E-state index in [-0.39, 0.29) is 6.42 Å². The Morgan fingerprint density at radius 2 is 1.65 bits per heavy atom. The number of aromatic nitrogens is 1. The number of rotatable bonds is 10. The van der Waals surface area contributed by atoms with Gasteiger partial charge in [0.2, 0.25) is 11.7 Å². The summed E-state index contributed by atoms with van der Waals surface area (Å²) in [5.41, 5.74) is 11.2. The topological polar surface area (TPSA) is 163 Å². The second kappa shape index (κ2) is 10.6. The number of hydrogen-bond donors (Lipinski definition) is 3. The van der Waals surface area contributed by atoms with E-state index in [0.717, 1.165) is 0 Å². The van der Waals surface area contributed by atoms with Crippen molar-refractivity contribution < 1.29 is 38.8 Å². The van der Waals surface area contributed by atoms with Crippen molar-refractivity contribution in [2.75, 3.05) is 33.8 Å². The summed E-state index contributed by atoms with van der Waals surface area (Å²) in [6, 6.07) is 7.85. The minimum Gasteiger partial charge on any atom is -0.495 e. The summed E-state index contributed by atoms with van der Waals surface area (Å²) in [4.78, 5) is 23.6. The minimum absolute atomic E-state index is 0.176. The highest BCUT2D eigenvalue weighted by atomic mass is 16.5. The first-order valence-corrected chi connectivity index (χ1v) is 10.2. The maximum atomic E-state index is 12.5. The standard InChI is InChI=1S/C23H26N4O7/c1-30-17-6-5-12(7-16(17)27-23(29)15(24)10-20(25)28)14-11-26-34-21(14)13-8-18(31-2)22(33-4)19(9-13)32-3/h5-9,11,15H,10,24H2,1-4H3,(H2,25,28)(H,27,29)/p+1. The predicted octanol–water partition coefficient (Wildman–Crippen LogP) is 1.47. The molecule has 0 radical (unpaired) electrons. The lowest BCUT2D eigenvalue weighted by Crippen LogP contribution is -2.67. The Labute approximate surface area is 195 Å². The number of anilines is 1. The molecule has 0 bridgehead atoms. The fraction of sp³-hybridized carbons (Fsp3) is 0.261. The largest absolute Gasteiger partial charge is 0.495 e. The number of ether oxygens (including phenoxy) is 4. The zero-order chi connectivity index (χ0) is 24.8. The molecule has 0 spiro atoms. The van der Waals surface area contributed by atoms with Crippen molar-refractivity contribution in [2.45, 2.75) is 12.5 Å². The Morgan fingerprint density at radius 3 is 2.21 bits per heavy atom. The summed E-state index contributed by atoms with van der Waals surface area (Å²) < 4.78 is 27.2. The first-order valence-electron chi connectivity index (χ1n) is 10.2. The number of nitrogens with zero attached hydrogens (tertiary/aromatic N) is 1. The highest BCUT2D eigenvalue weighted by Gasteiger charge is 2.23. The molecule has 0 aliphatic heterocycles. The van der Waals surface area contributed by atoms with Gasteiger partial charge in [-0.1, -0.05) is 11.2 Å². The average Bonchev–Trinajstić information content (AvgIpc) is 3.32. The molecule has 1 heterocycles. The number of nitrogens with two attached hydrogens (primary N) is 1. The third kappa shape index (κ3) is 5.04. The smallest absolute Gasteiger partial charge is 0.283 e. The molecule has 11 heteroatoms. The number of carbonyl (C=O) groups is 2. The zero-order valence-corrected chi connectivity index (χ0v) is 19.3. The van der Waals surface area contributed by atoms with E-state index in [9.17, 15) is 9.59 Å². The fourth-order valence-electron chi connectivity index (χ4n) is 3.41. The van der Waals surface area contributed by atoms with Gasteiger partial charge in [-0.15, -0.1) is 0 Å². The Balaban J connectivity index is 2.02. The van der Waals surface area contributed by atoms with Crippen molar-refractivity contribution in [3.8, 4) is 45.4 Å². The number of methoxy groups -OCH3 is 4. The third-order valence-electron chi connectivity index (χ3n) is 5.08. The lowest BCUT2D eigenvalue weighted by atomic mass is 10.0. The SMILES string of the molecule is COc1ccc(-c2cnoc2-c2cc(OC)c(OC)c(OC)c2)cc1NC(=O)C([NH3+])CC(N)=O. The number of quaternary nitrogens is 1. The van der Waals surface area contributed by atoms with Crippen LogP contribution in [0.4, 0.5) is 5.69 Å². The molecule has 1 aromatic heterocycles. The lowest BCUT2D eigenvalue weighted by molar-refractivity contribution is -0.401. The van der Waals surface area contributed by atoms with Gasteiger partial charge in [-0.3, -0.25) is 9.59 Å². The second-order valence-corrected chi connectivity index (χ2v) is 7.25. The molecule has 1 unspecified atom stereocenters. The maximum Gasteiger partial charge on any atom is 0.283 e. The molecule has 0 aliphatic rings. The van der Waals surface area contributed by atoms with Gasteiger partial charge in [0.25, 0.3) is 5.91 Å². The van der Waals surface area contributed by atoms with Gasteiger partial charge in [0, 0.05) is 11.1 Å². The molecule has 0 fully saturated rings. The molecule has 34 heavy (non-hydrogen) atoms. The monoisotopic (exact) mass is 471 g/mol. The highest BCUT2D eigenvalue weighted by molar-refractivity contribution is 5.98. The molecule has 180 valence electrons. The lowest BCUT2D eigenvalue weighted by Gasteiger charge is -2.15. The van der Waals surface area contributed by atoms with Crippen molar-refractivity contribution in [2.24, 2.45) is 5.73 Å². The van der Waals surface area contributed by atoms with E-state index in [0.29, 0.717) is 51.1 Å². The Kier molecular flexibility index (Phi) is 7.59. The molecular formula is C23H27N4O7+. The van der Waals surface area contributed by atoms with E-state index in [1.807, 2.05) is 0 Å². The molecule has 6 N–H and O–H groups in total. The number of benzene rings is 2. The van der Waals surface area contributed by atoms with Crippen LogP contribution in [-0.2, 0) is 9.59 Å².